The Labute approximate surface area is 138 Å². The van der Waals surface area contributed by atoms with Gasteiger partial charge in [0.1, 0.15) is 0 Å². The Hall–Kier alpha value is -1.64. The van der Waals surface area contributed by atoms with Gasteiger partial charge in [0.25, 0.3) is 0 Å². The number of thiophene rings is 1. The predicted octanol–water partition coefficient (Wildman–Crippen LogP) is 6.48. The number of hydrogen-bond donors (Lipinski definition) is 0. The molecule has 0 radical (unpaired) electrons. The third-order valence-electron chi connectivity index (χ3n) is 3.09. The summed E-state index contributed by atoms with van der Waals surface area (Å²) >= 11 is 4.48. The smallest absolute Gasteiger partial charge is 0.0638 e. The number of fused-ring (bicyclic) bond motifs is 3. The second-order valence-electron chi connectivity index (χ2n) is 4.32. The lowest BCUT2D eigenvalue weighted by Gasteiger charge is -2.02. The van der Waals surface area contributed by atoms with Crippen LogP contribution < -0.4 is 0 Å². The molecule has 0 amide bonds. The van der Waals surface area contributed by atoms with Crippen molar-refractivity contribution in [3.8, 4) is 11.1 Å². The van der Waals surface area contributed by atoms with E-state index in [1.807, 2.05) is 18.2 Å². The lowest BCUT2D eigenvalue weighted by atomic mass is 10.0. The van der Waals surface area contributed by atoms with Gasteiger partial charge in [-0.1, -0.05) is 58.3 Å². The molecule has 0 aliphatic carbocycles. The van der Waals surface area contributed by atoms with Crippen molar-refractivity contribution >= 4 is 47.4 Å². The molecule has 0 aliphatic rings. The molecule has 0 saturated carbocycles. The van der Waals surface area contributed by atoms with Gasteiger partial charge in [0.15, 0.2) is 0 Å². The first kappa shape index (κ1) is 7.39. The molecule has 96 valence electrons. The Morgan fingerprint density at radius 1 is 0.900 bits per heavy atom. The van der Waals surface area contributed by atoms with Crippen molar-refractivity contribution in [1.29, 1.82) is 0 Å². The van der Waals surface area contributed by atoms with Crippen LogP contribution in [0.15, 0.2) is 71.1 Å². The van der Waals surface area contributed by atoms with Crippen LogP contribution in [0.25, 0.3) is 31.3 Å². The highest BCUT2D eigenvalue weighted by Gasteiger charge is 2.09. The Kier molecular flexibility index (Phi) is 1.75. The van der Waals surface area contributed by atoms with E-state index in [9.17, 15) is 0 Å². The molecule has 20 heavy (non-hydrogen) atoms. The van der Waals surface area contributed by atoms with E-state index in [1.54, 1.807) is 12.1 Å². The van der Waals surface area contributed by atoms with E-state index in [0.29, 0.717) is 35.8 Å². The Bertz CT molecular complexity index is 1200. The third-order valence-corrected chi connectivity index (χ3v) is 4.70. The maximum absolute atomic E-state index is 8.72. The van der Waals surface area contributed by atoms with E-state index in [1.165, 1.54) is 0 Å². The van der Waals surface area contributed by atoms with Crippen LogP contribution in [0, 0.1) is 0 Å². The summed E-state index contributed by atoms with van der Waals surface area (Å²) in [6.07, 6.45) is 0. The first-order valence-corrected chi connectivity index (χ1v) is 7.62. The SMILES string of the molecule is [2H]c1c(-c2ccccc2)c([2H])c2c(sc3c([2H])c([2H])c([2H])c(Br)c32)c1[2H]. The van der Waals surface area contributed by atoms with Crippen LogP contribution in [-0.4, -0.2) is 0 Å². The van der Waals surface area contributed by atoms with Gasteiger partial charge in [0.05, 0.1) is 8.22 Å². The van der Waals surface area contributed by atoms with Crippen molar-refractivity contribution in [2.45, 2.75) is 0 Å². The van der Waals surface area contributed by atoms with E-state index in [4.69, 9.17) is 8.22 Å². The van der Waals surface area contributed by atoms with Crippen LogP contribution in [0.1, 0.15) is 8.22 Å². The minimum absolute atomic E-state index is 0.000384. The highest BCUT2D eigenvalue weighted by molar-refractivity contribution is 9.10. The van der Waals surface area contributed by atoms with Crippen molar-refractivity contribution in [3.63, 3.8) is 0 Å². The predicted molar refractivity (Wildman–Crippen MR) is 92.5 cm³/mol. The van der Waals surface area contributed by atoms with Gasteiger partial charge in [-0.25, -0.2) is 0 Å². The van der Waals surface area contributed by atoms with Gasteiger partial charge in [0.2, 0.25) is 0 Å². The monoisotopic (exact) mass is 344 g/mol. The quantitative estimate of drug-likeness (QED) is 0.370. The summed E-state index contributed by atoms with van der Waals surface area (Å²) in [5.74, 6) is 0. The van der Waals surface area contributed by atoms with Crippen molar-refractivity contribution in [3.05, 3.63) is 71.1 Å². The van der Waals surface area contributed by atoms with Crippen molar-refractivity contribution in [2.24, 2.45) is 0 Å². The minimum atomic E-state index is -0.191. The molecule has 0 N–H and O–H groups in total. The van der Waals surface area contributed by atoms with Crippen LogP contribution in [0.4, 0.5) is 0 Å². The first-order chi connectivity index (χ1) is 12.3. The van der Waals surface area contributed by atoms with E-state index >= 15 is 0 Å². The molecule has 0 bridgehead atoms. The molecule has 4 aromatic rings. The molecule has 0 nitrogen and oxygen atoms in total. The Balaban J connectivity index is 2.28. The highest BCUT2D eigenvalue weighted by Crippen LogP contribution is 2.39. The zero-order chi connectivity index (χ0) is 18.7. The van der Waals surface area contributed by atoms with Crippen LogP contribution in [-0.2, 0) is 0 Å². The van der Waals surface area contributed by atoms with Gasteiger partial charge < -0.3 is 0 Å². The van der Waals surface area contributed by atoms with Gasteiger partial charge in [-0.2, -0.15) is 0 Å². The molecule has 1 heterocycles. The van der Waals surface area contributed by atoms with E-state index in [0.717, 1.165) is 11.3 Å². The number of hydrogen-bond acceptors (Lipinski definition) is 1. The second kappa shape index (κ2) is 4.72. The molecular formula is C18H11BrS. The molecular weight excluding hydrogens is 328 g/mol. The zero-order valence-electron chi connectivity index (χ0n) is 16.2. The molecule has 0 fully saturated rings. The third kappa shape index (κ3) is 1.88. The lowest BCUT2D eigenvalue weighted by molar-refractivity contribution is 1.66. The van der Waals surface area contributed by atoms with Gasteiger partial charge in [-0.15, -0.1) is 11.3 Å². The summed E-state index contributed by atoms with van der Waals surface area (Å²) in [5.41, 5.74) is 1.05. The molecule has 0 aliphatic heterocycles. The minimum Gasteiger partial charge on any atom is -0.135 e. The molecule has 0 saturated heterocycles. The fourth-order valence-electron chi connectivity index (χ4n) is 2.17. The normalized spacial score (nSPS) is 15.4. The largest absolute Gasteiger partial charge is 0.135 e. The molecule has 0 spiro atoms. The van der Waals surface area contributed by atoms with Crippen molar-refractivity contribution in [1.82, 2.24) is 0 Å². The van der Waals surface area contributed by atoms with Gasteiger partial charge >= 0.3 is 0 Å². The van der Waals surface area contributed by atoms with E-state index < -0.39 is 0 Å². The maximum atomic E-state index is 8.72. The summed E-state index contributed by atoms with van der Waals surface area (Å²) in [7, 11) is 0. The van der Waals surface area contributed by atoms with E-state index in [-0.39, 0.29) is 36.3 Å². The van der Waals surface area contributed by atoms with Crippen LogP contribution >= 0.6 is 27.3 Å². The fourth-order valence-corrected chi connectivity index (χ4v) is 3.76. The van der Waals surface area contributed by atoms with E-state index in [2.05, 4.69) is 15.9 Å². The second-order valence-corrected chi connectivity index (χ2v) is 6.13. The summed E-state index contributed by atoms with van der Waals surface area (Å²) in [6, 6.07) is 8.79. The van der Waals surface area contributed by atoms with Gasteiger partial charge in [0, 0.05) is 24.6 Å². The molecule has 2 heteroatoms. The molecule has 0 atom stereocenters. The fraction of sp³-hybridized carbons (Fsp3) is 0. The number of rotatable bonds is 1. The maximum Gasteiger partial charge on any atom is 0.0638 e. The standard InChI is InChI=1S/C18H11BrS/c19-15-7-4-8-17-18(15)14-11-13(9-10-16(14)20-17)12-5-2-1-3-6-12/h1-11H/i4D,7D,8D,9D,10D,11D. The van der Waals surface area contributed by atoms with Gasteiger partial charge in [-0.05, 0) is 35.3 Å². The molecule has 3 aromatic carbocycles. The topological polar surface area (TPSA) is 0 Å². The van der Waals surface area contributed by atoms with Gasteiger partial charge in [-0.3, -0.25) is 0 Å². The molecule has 1 aromatic heterocycles. The molecule has 4 rings (SSSR count). The van der Waals surface area contributed by atoms with Crippen molar-refractivity contribution < 1.29 is 8.22 Å². The van der Waals surface area contributed by atoms with Crippen LogP contribution in [0.5, 0.6) is 0 Å². The molecule has 0 unspecified atom stereocenters. The van der Waals surface area contributed by atoms with Crippen molar-refractivity contribution in [2.75, 3.05) is 0 Å². The number of halogens is 1. The van der Waals surface area contributed by atoms with Crippen LogP contribution in [0.3, 0.4) is 0 Å². The summed E-state index contributed by atoms with van der Waals surface area (Å²) in [5, 5.41) is 0.963. The van der Waals surface area contributed by atoms with Crippen LogP contribution in [0.2, 0.25) is 0 Å². The summed E-state index contributed by atoms with van der Waals surface area (Å²) in [6.45, 7) is 0. The Morgan fingerprint density at radius 3 is 2.60 bits per heavy atom. The lowest BCUT2D eigenvalue weighted by Crippen LogP contribution is -1.76. The number of benzene rings is 3. The zero-order valence-corrected chi connectivity index (χ0v) is 12.6. The summed E-state index contributed by atoms with van der Waals surface area (Å²) in [4.78, 5) is 0. The average molecular weight is 345 g/mol. The average Bonchev–Trinajstić information content (AvgIpc) is 3.05. The first-order valence-electron chi connectivity index (χ1n) is 9.01. The summed E-state index contributed by atoms with van der Waals surface area (Å²) < 4.78 is 51.0. The Morgan fingerprint density at radius 2 is 1.75 bits per heavy atom. The highest BCUT2D eigenvalue weighted by atomic mass is 79.9.